The number of benzene rings is 1. The molecule has 130 valence electrons. The maximum absolute atomic E-state index is 9.90. The fraction of sp³-hybridized carbons (Fsp3) is 0.526. The van der Waals surface area contributed by atoms with Gasteiger partial charge in [-0.05, 0) is 69.6 Å². The van der Waals surface area contributed by atoms with Gasteiger partial charge in [-0.1, -0.05) is 24.4 Å². The molecule has 2 aromatic rings. The Bertz CT molecular complexity index is 735. The van der Waals surface area contributed by atoms with Gasteiger partial charge in [0.1, 0.15) is 0 Å². The van der Waals surface area contributed by atoms with Crippen molar-refractivity contribution in [2.75, 3.05) is 26.2 Å². The van der Waals surface area contributed by atoms with E-state index in [-0.39, 0.29) is 0 Å². The van der Waals surface area contributed by atoms with Gasteiger partial charge in [-0.15, -0.1) is 0 Å². The van der Waals surface area contributed by atoms with Gasteiger partial charge in [-0.25, -0.2) is 0 Å². The zero-order valence-corrected chi connectivity index (χ0v) is 14.9. The first-order chi connectivity index (χ1) is 11.7. The van der Waals surface area contributed by atoms with Crippen LogP contribution < -0.4 is 5.36 Å². The number of nitrogens with zero attached hydrogens (tertiary/aromatic N) is 3. The second-order valence-electron chi connectivity index (χ2n) is 6.55. The summed E-state index contributed by atoms with van der Waals surface area (Å²) < 4.78 is 1.10. The molecule has 0 saturated carbocycles. The topological polar surface area (TPSA) is 40.8 Å². The standard InChI is InChI=1S/C19H26ClN3O/c20-16-7-8-17-18(9-14-23(24)19(17)15-16)21-10-3-1-4-11-22-12-5-2-6-13-22/h7-9,14-15,24H,1-6,10-13H2. The molecule has 0 aliphatic carbocycles. The van der Waals surface area contributed by atoms with Crippen LogP contribution in [-0.2, 0) is 0 Å². The first-order valence-electron chi connectivity index (χ1n) is 8.97. The fourth-order valence-electron chi connectivity index (χ4n) is 3.37. The summed E-state index contributed by atoms with van der Waals surface area (Å²) in [4.78, 5) is 7.30. The molecule has 1 aliphatic heterocycles. The number of pyridine rings is 1. The lowest BCUT2D eigenvalue weighted by Crippen LogP contribution is -2.30. The molecule has 2 heterocycles. The van der Waals surface area contributed by atoms with E-state index in [0.29, 0.717) is 10.5 Å². The van der Waals surface area contributed by atoms with Crippen LogP contribution in [0.5, 0.6) is 0 Å². The van der Waals surface area contributed by atoms with Crippen molar-refractivity contribution in [2.45, 2.75) is 38.5 Å². The molecular formula is C19H26ClN3O. The maximum Gasteiger partial charge on any atom is 0.0901 e. The molecule has 0 unspecified atom stereocenters. The van der Waals surface area contributed by atoms with E-state index in [1.807, 2.05) is 18.2 Å². The highest BCUT2D eigenvalue weighted by Gasteiger charge is 2.08. The summed E-state index contributed by atoms with van der Waals surface area (Å²) in [5.41, 5.74) is 0.689. The molecule has 0 amide bonds. The van der Waals surface area contributed by atoms with Gasteiger partial charge in [0.05, 0.1) is 10.9 Å². The normalized spacial score (nSPS) is 16.8. The minimum absolute atomic E-state index is 0.611. The van der Waals surface area contributed by atoms with Crippen molar-refractivity contribution in [3.63, 3.8) is 0 Å². The van der Waals surface area contributed by atoms with Gasteiger partial charge in [-0.2, -0.15) is 4.73 Å². The lowest BCUT2D eigenvalue weighted by atomic mass is 10.1. The second kappa shape index (κ2) is 8.54. The number of likely N-dealkylation sites (tertiary alicyclic amines) is 1. The Morgan fingerprint density at radius 1 is 1.04 bits per heavy atom. The summed E-state index contributed by atoms with van der Waals surface area (Å²) in [6.07, 6.45) is 9.34. The summed E-state index contributed by atoms with van der Waals surface area (Å²) in [5.74, 6) is 0. The summed E-state index contributed by atoms with van der Waals surface area (Å²) in [7, 11) is 0. The Balaban J connectivity index is 1.53. The van der Waals surface area contributed by atoms with Gasteiger partial charge in [0.25, 0.3) is 0 Å². The summed E-state index contributed by atoms with van der Waals surface area (Å²) >= 11 is 6.01. The van der Waals surface area contributed by atoms with Gasteiger partial charge in [0.15, 0.2) is 0 Å². The third kappa shape index (κ3) is 4.52. The van der Waals surface area contributed by atoms with Crippen LogP contribution >= 0.6 is 11.6 Å². The van der Waals surface area contributed by atoms with Crippen LogP contribution in [0.25, 0.3) is 10.9 Å². The number of unbranched alkanes of at least 4 members (excludes halogenated alkanes) is 2. The van der Waals surface area contributed by atoms with Crippen molar-refractivity contribution in [1.29, 1.82) is 0 Å². The quantitative estimate of drug-likeness (QED) is 0.631. The Kier molecular flexibility index (Phi) is 6.16. The van der Waals surface area contributed by atoms with Crippen LogP contribution in [0.4, 0.5) is 0 Å². The van der Waals surface area contributed by atoms with Crippen molar-refractivity contribution in [1.82, 2.24) is 9.63 Å². The van der Waals surface area contributed by atoms with Crippen molar-refractivity contribution < 1.29 is 5.21 Å². The van der Waals surface area contributed by atoms with Gasteiger partial charge in [0, 0.05) is 23.2 Å². The van der Waals surface area contributed by atoms with E-state index in [4.69, 9.17) is 16.6 Å². The van der Waals surface area contributed by atoms with E-state index in [2.05, 4.69) is 4.90 Å². The van der Waals surface area contributed by atoms with Gasteiger partial charge >= 0.3 is 0 Å². The van der Waals surface area contributed by atoms with Crippen molar-refractivity contribution in [2.24, 2.45) is 4.99 Å². The van der Waals surface area contributed by atoms with Crippen molar-refractivity contribution in [3.05, 3.63) is 40.8 Å². The molecule has 0 spiro atoms. The molecule has 4 nitrogen and oxygen atoms in total. The van der Waals surface area contributed by atoms with E-state index in [9.17, 15) is 5.21 Å². The zero-order chi connectivity index (χ0) is 16.8. The van der Waals surface area contributed by atoms with Crippen molar-refractivity contribution in [3.8, 4) is 0 Å². The molecule has 1 aliphatic rings. The molecule has 1 fully saturated rings. The van der Waals surface area contributed by atoms with E-state index in [1.54, 1.807) is 12.3 Å². The molecular weight excluding hydrogens is 322 g/mol. The summed E-state index contributed by atoms with van der Waals surface area (Å²) in [6.45, 7) is 4.62. The van der Waals surface area contributed by atoms with Gasteiger partial charge in [-0.3, -0.25) is 4.99 Å². The molecule has 5 heteroatoms. The van der Waals surface area contributed by atoms with E-state index in [1.165, 1.54) is 51.7 Å². The van der Waals surface area contributed by atoms with Crippen LogP contribution in [-0.4, -0.2) is 41.0 Å². The molecule has 1 N–H and O–H groups in total. The fourth-order valence-corrected chi connectivity index (χ4v) is 3.53. The van der Waals surface area contributed by atoms with Crippen LogP contribution in [0.2, 0.25) is 5.02 Å². The largest absolute Gasteiger partial charge is 0.428 e. The van der Waals surface area contributed by atoms with Crippen LogP contribution in [0.3, 0.4) is 0 Å². The molecule has 0 radical (unpaired) electrons. The molecule has 1 aromatic heterocycles. The SMILES string of the molecule is On1ccc(=NCCCCCN2CCCCC2)c2ccc(Cl)cc21. The highest BCUT2D eigenvalue weighted by Crippen LogP contribution is 2.16. The number of piperidine rings is 1. The lowest BCUT2D eigenvalue weighted by molar-refractivity contribution is 0.198. The highest BCUT2D eigenvalue weighted by molar-refractivity contribution is 6.31. The van der Waals surface area contributed by atoms with E-state index >= 15 is 0 Å². The number of halogens is 1. The molecule has 24 heavy (non-hydrogen) atoms. The minimum Gasteiger partial charge on any atom is -0.428 e. The molecule has 1 aromatic carbocycles. The van der Waals surface area contributed by atoms with E-state index in [0.717, 1.165) is 28.4 Å². The number of hydrogen-bond donors (Lipinski definition) is 1. The van der Waals surface area contributed by atoms with Gasteiger partial charge < -0.3 is 10.1 Å². The number of fused-ring (bicyclic) bond motifs is 1. The molecule has 0 atom stereocenters. The third-order valence-corrected chi connectivity index (χ3v) is 4.95. The average molecular weight is 348 g/mol. The Morgan fingerprint density at radius 3 is 2.71 bits per heavy atom. The molecule has 3 rings (SSSR count). The lowest BCUT2D eigenvalue weighted by Gasteiger charge is -2.26. The highest BCUT2D eigenvalue weighted by atomic mass is 35.5. The minimum atomic E-state index is 0.611. The second-order valence-corrected chi connectivity index (χ2v) is 6.99. The van der Waals surface area contributed by atoms with Crippen LogP contribution in [0, 0.1) is 0 Å². The third-order valence-electron chi connectivity index (χ3n) is 4.72. The smallest absolute Gasteiger partial charge is 0.0901 e. The first kappa shape index (κ1) is 17.3. The summed E-state index contributed by atoms with van der Waals surface area (Å²) in [5, 5.41) is 12.4. The van der Waals surface area contributed by atoms with Gasteiger partial charge in [0.2, 0.25) is 0 Å². The molecule has 1 saturated heterocycles. The number of rotatable bonds is 6. The summed E-state index contributed by atoms with van der Waals surface area (Å²) in [6, 6.07) is 7.36. The average Bonchev–Trinajstić information content (AvgIpc) is 2.61. The van der Waals surface area contributed by atoms with Crippen LogP contribution in [0.15, 0.2) is 35.5 Å². The predicted molar refractivity (Wildman–Crippen MR) is 98.7 cm³/mol. The number of aromatic nitrogens is 1. The Morgan fingerprint density at radius 2 is 1.88 bits per heavy atom. The number of hydrogen-bond acceptors (Lipinski definition) is 3. The zero-order valence-electron chi connectivity index (χ0n) is 14.1. The first-order valence-corrected chi connectivity index (χ1v) is 9.35. The molecule has 0 bridgehead atoms. The monoisotopic (exact) mass is 347 g/mol. The maximum atomic E-state index is 9.90. The predicted octanol–water partition coefficient (Wildman–Crippen LogP) is 4.09. The Hall–Kier alpha value is -1.52. The Labute approximate surface area is 148 Å². The van der Waals surface area contributed by atoms with E-state index < -0.39 is 0 Å². The van der Waals surface area contributed by atoms with Crippen molar-refractivity contribution >= 4 is 22.5 Å². The van der Waals surface area contributed by atoms with Crippen LogP contribution in [0.1, 0.15) is 38.5 Å².